The largest absolute Gasteiger partial charge is 0.444 e. The lowest BCUT2D eigenvalue weighted by molar-refractivity contribution is 0.0488. The summed E-state index contributed by atoms with van der Waals surface area (Å²) in [4.78, 5) is 14.2. The molecule has 1 amide bonds. The van der Waals surface area contributed by atoms with Crippen molar-refractivity contribution < 1.29 is 13.9 Å². The molecule has 2 aromatic rings. The predicted octanol–water partition coefficient (Wildman–Crippen LogP) is 4.92. The first kappa shape index (κ1) is 21.9. The van der Waals surface area contributed by atoms with E-state index in [2.05, 4.69) is 20.4 Å². The third kappa shape index (κ3) is 6.32. The van der Waals surface area contributed by atoms with Crippen LogP contribution in [-0.4, -0.2) is 45.9 Å². The van der Waals surface area contributed by atoms with Crippen LogP contribution in [0.1, 0.15) is 45.9 Å². The maximum absolute atomic E-state index is 12.0. The molecule has 9 heteroatoms. The summed E-state index contributed by atoms with van der Waals surface area (Å²) in [5.41, 5.74) is 0.135. The molecule has 3 rings (SSSR count). The van der Waals surface area contributed by atoms with Crippen molar-refractivity contribution in [3.05, 3.63) is 34.1 Å². The molecule has 2 heterocycles. The van der Waals surface area contributed by atoms with Crippen molar-refractivity contribution in [1.82, 2.24) is 20.4 Å². The molecule has 29 heavy (non-hydrogen) atoms. The molecule has 0 radical (unpaired) electrons. The van der Waals surface area contributed by atoms with E-state index in [-0.39, 0.29) is 6.04 Å². The van der Waals surface area contributed by atoms with Gasteiger partial charge in [0.05, 0.1) is 17.1 Å². The van der Waals surface area contributed by atoms with Crippen molar-refractivity contribution >= 4 is 29.3 Å². The van der Waals surface area contributed by atoms with Crippen molar-refractivity contribution in [2.75, 3.05) is 13.1 Å². The lowest BCUT2D eigenvalue weighted by atomic mass is 10.0. The van der Waals surface area contributed by atoms with E-state index in [9.17, 15) is 4.79 Å². The molecule has 1 aromatic heterocycles. The molecule has 7 nitrogen and oxygen atoms in total. The van der Waals surface area contributed by atoms with Crippen LogP contribution in [-0.2, 0) is 11.3 Å². The first-order chi connectivity index (χ1) is 13.7. The minimum Gasteiger partial charge on any atom is -0.444 e. The number of likely N-dealkylation sites (tertiary alicyclic amines) is 1. The van der Waals surface area contributed by atoms with Gasteiger partial charge >= 0.3 is 6.09 Å². The highest BCUT2D eigenvalue weighted by atomic mass is 35.5. The second-order valence-electron chi connectivity index (χ2n) is 8.13. The Morgan fingerprint density at radius 3 is 2.83 bits per heavy atom. The van der Waals surface area contributed by atoms with Crippen LogP contribution in [0.25, 0.3) is 11.5 Å². The Hall–Kier alpha value is -1.83. The molecule has 0 unspecified atom stereocenters. The number of halogens is 2. The topological polar surface area (TPSA) is 80.5 Å². The van der Waals surface area contributed by atoms with Crippen molar-refractivity contribution in [3.63, 3.8) is 0 Å². The highest BCUT2D eigenvalue weighted by Crippen LogP contribution is 2.30. The maximum Gasteiger partial charge on any atom is 0.407 e. The van der Waals surface area contributed by atoms with Crippen molar-refractivity contribution in [2.24, 2.45) is 0 Å². The smallest absolute Gasteiger partial charge is 0.407 e. The zero-order valence-corrected chi connectivity index (χ0v) is 18.4. The lowest BCUT2D eigenvalue weighted by Gasteiger charge is -2.34. The number of benzene rings is 1. The van der Waals surface area contributed by atoms with E-state index in [1.165, 1.54) is 0 Å². The third-order valence-corrected chi connectivity index (χ3v) is 5.14. The molecular formula is C20H26Cl2N4O3. The van der Waals surface area contributed by atoms with Gasteiger partial charge in [0.25, 0.3) is 0 Å². The van der Waals surface area contributed by atoms with Crippen LogP contribution in [0.15, 0.2) is 22.6 Å². The van der Waals surface area contributed by atoms with Gasteiger partial charge in [-0.15, -0.1) is 10.2 Å². The predicted molar refractivity (Wildman–Crippen MR) is 112 cm³/mol. The molecule has 1 fully saturated rings. The van der Waals surface area contributed by atoms with E-state index >= 15 is 0 Å². The summed E-state index contributed by atoms with van der Waals surface area (Å²) in [6, 6.07) is 5.32. The van der Waals surface area contributed by atoms with Crippen LogP contribution in [0.3, 0.4) is 0 Å². The van der Waals surface area contributed by atoms with E-state index in [1.54, 1.807) is 18.2 Å². The van der Waals surface area contributed by atoms with Gasteiger partial charge in [0.1, 0.15) is 5.60 Å². The first-order valence-electron chi connectivity index (χ1n) is 9.70. The van der Waals surface area contributed by atoms with Crippen molar-refractivity contribution in [3.8, 4) is 11.5 Å². The van der Waals surface area contributed by atoms with Crippen molar-refractivity contribution in [2.45, 2.75) is 58.2 Å². The van der Waals surface area contributed by atoms with Crippen molar-refractivity contribution in [1.29, 1.82) is 0 Å². The standard InChI is InChI=1S/C20H26Cl2N4O3/c1-20(2,3)29-19(27)23-11-14-6-4-5-9-26(14)12-17-24-25-18(28-17)15-8-7-13(21)10-16(15)22/h7-8,10,14H,4-6,9,11-12H2,1-3H3,(H,23,27)/t14-/m1/s1. The molecular weight excluding hydrogens is 415 g/mol. The average molecular weight is 441 g/mol. The Kier molecular flexibility index (Phi) is 7.03. The number of amides is 1. The fourth-order valence-corrected chi connectivity index (χ4v) is 3.77. The minimum absolute atomic E-state index is 0.186. The molecule has 1 atom stereocenters. The van der Waals surface area contributed by atoms with Gasteiger partial charge < -0.3 is 14.5 Å². The summed E-state index contributed by atoms with van der Waals surface area (Å²) in [6.07, 6.45) is 2.79. The van der Waals surface area contributed by atoms with Crippen LogP contribution in [0, 0.1) is 0 Å². The zero-order chi connectivity index (χ0) is 21.0. The Morgan fingerprint density at radius 1 is 1.31 bits per heavy atom. The van der Waals surface area contributed by atoms with Crippen LogP contribution in [0.4, 0.5) is 4.79 Å². The van der Waals surface area contributed by atoms with Crippen LogP contribution < -0.4 is 5.32 Å². The van der Waals surface area contributed by atoms with E-state index in [4.69, 9.17) is 32.4 Å². The third-order valence-electron chi connectivity index (χ3n) is 4.60. The molecule has 158 valence electrons. The zero-order valence-electron chi connectivity index (χ0n) is 16.9. The molecule has 0 spiro atoms. The number of piperidine rings is 1. The Morgan fingerprint density at radius 2 is 2.10 bits per heavy atom. The SMILES string of the molecule is CC(C)(C)OC(=O)NC[C@H]1CCCCN1Cc1nnc(-c2ccc(Cl)cc2Cl)o1. The molecule has 1 aromatic carbocycles. The number of nitrogens with zero attached hydrogens (tertiary/aromatic N) is 3. The fraction of sp³-hybridized carbons (Fsp3) is 0.550. The molecule has 0 aliphatic carbocycles. The average Bonchev–Trinajstić information content (AvgIpc) is 3.08. The van der Waals surface area contributed by atoms with Gasteiger partial charge in [-0.1, -0.05) is 29.6 Å². The van der Waals surface area contributed by atoms with Gasteiger partial charge in [0.15, 0.2) is 0 Å². The Labute approximate surface area is 180 Å². The first-order valence-corrected chi connectivity index (χ1v) is 10.5. The molecule has 0 bridgehead atoms. The second kappa shape index (κ2) is 9.32. The summed E-state index contributed by atoms with van der Waals surface area (Å²) in [5, 5.41) is 12.2. The number of aromatic nitrogens is 2. The molecule has 1 N–H and O–H groups in total. The number of alkyl carbamates (subject to hydrolysis) is 1. The summed E-state index contributed by atoms with van der Waals surface area (Å²) >= 11 is 12.2. The number of carbonyl (C=O) groups is 1. The Balaban J connectivity index is 1.62. The summed E-state index contributed by atoms with van der Waals surface area (Å²) in [7, 11) is 0. The van der Waals surface area contributed by atoms with E-state index in [1.807, 2.05) is 20.8 Å². The number of hydrogen-bond acceptors (Lipinski definition) is 6. The maximum atomic E-state index is 12.0. The number of hydrogen-bond donors (Lipinski definition) is 1. The van der Waals surface area contributed by atoms with Gasteiger partial charge in [0, 0.05) is 17.6 Å². The summed E-state index contributed by atoms with van der Waals surface area (Å²) in [6.45, 7) is 7.47. The number of nitrogens with one attached hydrogen (secondary N) is 1. The van der Waals surface area contributed by atoms with Gasteiger partial charge in [0.2, 0.25) is 11.8 Å². The molecule has 1 aliphatic heterocycles. The monoisotopic (exact) mass is 440 g/mol. The summed E-state index contributed by atoms with van der Waals surface area (Å²) in [5.74, 6) is 0.872. The lowest BCUT2D eigenvalue weighted by Crippen LogP contribution is -2.47. The van der Waals surface area contributed by atoms with E-state index in [0.29, 0.717) is 40.5 Å². The number of carbonyl (C=O) groups excluding carboxylic acids is 1. The normalized spacial score (nSPS) is 17.9. The van der Waals surface area contributed by atoms with Crippen LogP contribution in [0.2, 0.25) is 10.0 Å². The quantitative estimate of drug-likeness (QED) is 0.709. The molecule has 1 saturated heterocycles. The molecule has 0 saturated carbocycles. The Bertz CT molecular complexity index is 850. The van der Waals surface area contributed by atoms with Gasteiger partial charge in [-0.25, -0.2) is 4.79 Å². The number of rotatable bonds is 5. The van der Waals surface area contributed by atoms with E-state index in [0.717, 1.165) is 25.8 Å². The minimum atomic E-state index is -0.514. The number of ether oxygens (including phenoxy) is 1. The van der Waals surface area contributed by atoms with Crippen LogP contribution in [0.5, 0.6) is 0 Å². The van der Waals surface area contributed by atoms with Crippen LogP contribution >= 0.6 is 23.2 Å². The molecule has 1 aliphatic rings. The van der Waals surface area contributed by atoms with Gasteiger partial charge in [-0.2, -0.15) is 0 Å². The van der Waals surface area contributed by atoms with Gasteiger partial charge in [-0.3, -0.25) is 4.90 Å². The second-order valence-corrected chi connectivity index (χ2v) is 8.97. The highest BCUT2D eigenvalue weighted by Gasteiger charge is 2.26. The summed E-state index contributed by atoms with van der Waals surface area (Å²) < 4.78 is 11.2. The van der Waals surface area contributed by atoms with Gasteiger partial charge in [-0.05, 0) is 58.4 Å². The highest BCUT2D eigenvalue weighted by molar-refractivity contribution is 6.36. The van der Waals surface area contributed by atoms with E-state index < -0.39 is 11.7 Å². The fourth-order valence-electron chi connectivity index (χ4n) is 3.28.